The predicted molar refractivity (Wildman–Crippen MR) is 246 cm³/mol. The highest BCUT2D eigenvalue weighted by Crippen LogP contribution is 2.36. The summed E-state index contributed by atoms with van der Waals surface area (Å²) in [4.78, 5) is 60.3. The number of nitrogens with zero attached hydrogens (tertiary/aromatic N) is 5. The quantitative estimate of drug-likeness (QED) is 0.0181. The van der Waals surface area contributed by atoms with Gasteiger partial charge < -0.3 is 38.5 Å². The summed E-state index contributed by atoms with van der Waals surface area (Å²) in [6.07, 6.45) is 1.39. The Hall–Kier alpha value is -6.10. The monoisotopic (exact) mass is 898 g/mol. The number of aromatic nitrogens is 1. The van der Waals surface area contributed by atoms with Crippen LogP contribution in [0.25, 0.3) is 32.3 Å². The third-order valence-electron chi connectivity index (χ3n) is 9.73. The number of benzene rings is 3. The van der Waals surface area contributed by atoms with Gasteiger partial charge in [0.15, 0.2) is 5.78 Å². The lowest BCUT2D eigenvalue weighted by atomic mass is 9.88. The van der Waals surface area contributed by atoms with Gasteiger partial charge in [0.2, 0.25) is 5.91 Å². The maximum atomic E-state index is 13.4. The number of esters is 1. The van der Waals surface area contributed by atoms with Gasteiger partial charge in [-0.25, -0.2) is 9.78 Å². The number of rotatable bonds is 29. The molecular weight excluding hydrogens is 837 g/mol. The molecule has 0 fully saturated rings. The molecule has 0 saturated heterocycles. The van der Waals surface area contributed by atoms with E-state index in [1.54, 1.807) is 33.0 Å². The Morgan fingerprint density at radius 1 is 0.815 bits per heavy atom. The maximum absolute atomic E-state index is 13.4. The molecule has 17 nitrogen and oxygen atoms in total. The zero-order valence-electron chi connectivity index (χ0n) is 38.1. The van der Waals surface area contributed by atoms with Crippen molar-refractivity contribution in [3.8, 4) is 16.9 Å². The van der Waals surface area contributed by atoms with Crippen molar-refractivity contribution < 1.29 is 52.3 Å². The molecule has 1 heterocycles. The molecule has 0 radical (unpaired) electrons. The number of ether oxygens (including phenoxy) is 7. The number of carbonyl (C=O) groups is 4. The molecular formula is C48H62N6O11. The first kappa shape index (κ1) is 51.5. The van der Waals surface area contributed by atoms with E-state index in [0.717, 1.165) is 33.0 Å². The number of hydrogen-bond donors (Lipinski definition) is 1. The van der Waals surface area contributed by atoms with Crippen molar-refractivity contribution >= 4 is 40.3 Å². The van der Waals surface area contributed by atoms with Crippen molar-refractivity contribution in [2.75, 3.05) is 91.1 Å². The molecule has 0 aliphatic carbocycles. The molecule has 0 bridgehead atoms. The highest BCUT2D eigenvalue weighted by atomic mass is 16.6. The third kappa shape index (κ3) is 18.9. The molecule has 65 heavy (non-hydrogen) atoms. The number of Topliss-reactive ketones (excluding diaryl/α,β-unsaturated/α-hetero) is 1. The molecule has 0 saturated carbocycles. The van der Waals surface area contributed by atoms with Crippen molar-refractivity contribution in [2.45, 2.75) is 64.9 Å². The summed E-state index contributed by atoms with van der Waals surface area (Å²) in [6, 6.07) is 23.2. The van der Waals surface area contributed by atoms with Crippen LogP contribution in [0.1, 0.15) is 63.5 Å². The summed E-state index contributed by atoms with van der Waals surface area (Å²) in [5, 5.41) is 7.98. The van der Waals surface area contributed by atoms with E-state index in [4.69, 9.17) is 38.7 Å². The standard InChI is InChI=1S/C48H62N6O11/c1-35-17-18-50-44(30-35)54(47(58)65-48(2,3)4)20-9-16-45(56)51-34-39(55)32-38(33-46(57)59-5)36-10-6-11-37(31-36)40-12-7-14-42-41(40)13-8-15-43(42)64-29-28-63-27-26-62-25-24-61-23-22-60-21-19-52-53-49/h6-8,10-15,17-18,30-31,38H,9,16,19-29,32-34H2,1-5H3,(H,51,56)/t38-/m0/s1. The molecule has 3 aromatic carbocycles. The fourth-order valence-corrected chi connectivity index (χ4v) is 6.65. The smallest absolute Gasteiger partial charge is 0.416 e. The molecule has 1 atom stereocenters. The number of aryl methyl sites for hydroxylation is 1. The summed E-state index contributed by atoms with van der Waals surface area (Å²) < 4.78 is 38.7. The fourth-order valence-electron chi connectivity index (χ4n) is 6.65. The fraction of sp³-hybridized carbons (Fsp3) is 0.479. The summed E-state index contributed by atoms with van der Waals surface area (Å²) in [5.74, 6) is -0.419. The van der Waals surface area contributed by atoms with Gasteiger partial charge in [0, 0.05) is 48.3 Å². The highest BCUT2D eigenvalue weighted by Gasteiger charge is 2.25. The first-order chi connectivity index (χ1) is 31.4. The number of azide groups is 1. The van der Waals surface area contributed by atoms with Crippen LogP contribution < -0.4 is 15.0 Å². The number of methoxy groups -OCH3 is 1. The van der Waals surface area contributed by atoms with Gasteiger partial charge in [0.05, 0.1) is 72.9 Å². The van der Waals surface area contributed by atoms with E-state index in [9.17, 15) is 19.2 Å². The van der Waals surface area contributed by atoms with Gasteiger partial charge in [0.25, 0.3) is 0 Å². The van der Waals surface area contributed by atoms with Crippen LogP contribution >= 0.6 is 0 Å². The Morgan fingerprint density at radius 3 is 2.15 bits per heavy atom. The van der Waals surface area contributed by atoms with Crippen LogP contribution in [0.15, 0.2) is 84.1 Å². The zero-order chi connectivity index (χ0) is 46.9. The van der Waals surface area contributed by atoms with Crippen LogP contribution in [0.3, 0.4) is 0 Å². The number of nitrogens with one attached hydrogen (secondary N) is 1. The topological polar surface area (TPSA) is 210 Å². The maximum Gasteiger partial charge on any atom is 0.416 e. The van der Waals surface area contributed by atoms with Gasteiger partial charge >= 0.3 is 12.1 Å². The van der Waals surface area contributed by atoms with Crippen LogP contribution in [0.5, 0.6) is 5.75 Å². The molecule has 4 aromatic rings. The van der Waals surface area contributed by atoms with Gasteiger partial charge in [-0.3, -0.25) is 19.3 Å². The zero-order valence-corrected chi connectivity index (χ0v) is 38.1. The van der Waals surface area contributed by atoms with Gasteiger partial charge in [-0.05, 0) is 85.5 Å². The first-order valence-electron chi connectivity index (χ1n) is 21.7. The Morgan fingerprint density at radius 2 is 1.48 bits per heavy atom. The van der Waals surface area contributed by atoms with Crippen LogP contribution in [0, 0.1) is 6.92 Å². The molecule has 350 valence electrons. The first-order valence-corrected chi connectivity index (χ1v) is 21.7. The summed E-state index contributed by atoms with van der Waals surface area (Å²) in [7, 11) is 1.31. The number of hydrogen-bond acceptors (Lipinski definition) is 13. The normalized spacial score (nSPS) is 11.6. The van der Waals surface area contributed by atoms with E-state index in [0.29, 0.717) is 84.0 Å². The Balaban J connectivity index is 1.28. The summed E-state index contributed by atoms with van der Waals surface area (Å²) in [5.41, 5.74) is 11.1. The summed E-state index contributed by atoms with van der Waals surface area (Å²) >= 11 is 0. The number of amides is 2. The van der Waals surface area contributed by atoms with E-state index in [1.807, 2.05) is 73.7 Å². The van der Waals surface area contributed by atoms with E-state index in [2.05, 4.69) is 20.3 Å². The lowest BCUT2D eigenvalue weighted by Crippen LogP contribution is -2.38. The molecule has 0 aliphatic rings. The predicted octanol–water partition coefficient (Wildman–Crippen LogP) is 7.91. The van der Waals surface area contributed by atoms with Crippen molar-refractivity contribution in [1.29, 1.82) is 0 Å². The minimum atomic E-state index is -0.720. The third-order valence-corrected chi connectivity index (χ3v) is 9.73. The minimum absolute atomic E-state index is 0.000619. The van der Waals surface area contributed by atoms with Gasteiger partial charge in [-0.15, -0.1) is 0 Å². The van der Waals surface area contributed by atoms with Gasteiger partial charge in [0.1, 0.15) is 23.8 Å². The molecule has 0 unspecified atom stereocenters. The lowest BCUT2D eigenvalue weighted by Gasteiger charge is -2.27. The van der Waals surface area contributed by atoms with Crippen molar-refractivity contribution in [2.24, 2.45) is 5.11 Å². The SMILES string of the molecule is COC(=O)C[C@H](CC(=O)CNC(=O)CCCN(C(=O)OC(C)(C)C)c1cc(C)ccn1)c1cccc(-c2cccc3c(OCCOCCOCCOCCOCCN=[N+]=[N-])cccc23)c1. The molecule has 4 rings (SSSR count). The Bertz CT molecular complexity index is 2190. The van der Waals surface area contributed by atoms with E-state index >= 15 is 0 Å². The largest absolute Gasteiger partial charge is 0.491 e. The minimum Gasteiger partial charge on any atom is -0.491 e. The van der Waals surface area contributed by atoms with Crippen molar-refractivity contribution in [3.63, 3.8) is 0 Å². The second-order valence-electron chi connectivity index (χ2n) is 16.0. The average Bonchev–Trinajstić information content (AvgIpc) is 3.28. The Labute approximate surface area is 380 Å². The van der Waals surface area contributed by atoms with Crippen LogP contribution in [-0.4, -0.2) is 121 Å². The van der Waals surface area contributed by atoms with Gasteiger partial charge in [-0.1, -0.05) is 59.7 Å². The van der Waals surface area contributed by atoms with E-state index < -0.39 is 23.6 Å². The number of anilines is 1. The lowest BCUT2D eigenvalue weighted by molar-refractivity contribution is -0.141. The molecule has 1 aromatic heterocycles. The molecule has 17 heteroatoms. The number of carbonyl (C=O) groups excluding carboxylic acids is 4. The van der Waals surface area contributed by atoms with Crippen LogP contribution in [0.4, 0.5) is 10.6 Å². The molecule has 1 N–H and O–H groups in total. The second kappa shape index (κ2) is 27.9. The highest BCUT2D eigenvalue weighted by molar-refractivity contribution is 6.00. The van der Waals surface area contributed by atoms with Crippen LogP contribution in [0.2, 0.25) is 0 Å². The van der Waals surface area contributed by atoms with Gasteiger partial charge in [-0.2, -0.15) is 0 Å². The van der Waals surface area contributed by atoms with Crippen molar-refractivity contribution in [1.82, 2.24) is 10.3 Å². The molecule has 2 amide bonds. The van der Waals surface area contributed by atoms with E-state index in [1.165, 1.54) is 12.0 Å². The Kier molecular flexibility index (Phi) is 22.2. The van der Waals surface area contributed by atoms with Crippen molar-refractivity contribution in [3.05, 3.63) is 101 Å². The number of pyridine rings is 1. The summed E-state index contributed by atoms with van der Waals surface area (Å²) in [6.45, 7) is 11.1. The molecule has 0 aliphatic heterocycles. The van der Waals surface area contributed by atoms with E-state index in [-0.39, 0.29) is 44.0 Å². The molecule has 0 spiro atoms. The number of ketones is 1. The number of fused-ring (bicyclic) bond motifs is 1. The van der Waals surface area contributed by atoms with Crippen LogP contribution in [-0.2, 0) is 42.8 Å². The average molecular weight is 899 g/mol. The second-order valence-corrected chi connectivity index (χ2v) is 16.0.